The summed E-state index contributed by atoms with van der Waals surface area (Å²) in [4.78, 5) is 2.68. The molecule has 0 aliphatic carbocycles. The summed E-state index contributed by atoms with van der Waals surface area (Å²) >= 11 is 0. The van der Waals surface area contributed by atoms with Crippen LogP contribution in [0.15, 0.2) is 30.3 Å². The number of piperidine rings is 1. The topological polar surface area (TPSA) is 24.5 Å². The smallest absolute Gasteiger partial charge is 0.0620 e. The molecular weight excluding hydrogens is 272 g/mol. The highest BCUT2D eigenvalue weighted by Gasteiger charge is 2.25. The van der Waals surface area contributed by atoms with E-state index in [1.54, 1.807) is 0 Å². The summed E-state index contributed by atoms with van der Waals surface area (Å²) in [7, 11) is 0. The SMILES string of the molecule is CC(CC1COCCN1)N1CCC(Cc2ccccc2)CC1. The molecule has 0 aromatic heterocycles. The van der Waals surface area contributed by atoms with Crippen LogP contribution in [0.25, 0.3) is 0 Å². The van der Waals surface area contributed by atoms with Crippen molar-refractivity contribution in [3.63, 3.8) is 0 Å². The van der Waals surface area contributed by atoms with Crippen molar-refractivity contribution < 1.29 is 4.74 Å². The van der Waals surface area contributed by atoms with E-state index < -0.39 is 0 Å². The molecule has 3 heteroatoms. The second kappa shape index (κ2) is 8.09. The molecule has 22 heavy (non-hydrogen) atoms. The van der Waals surface area contributed by atoms with Gasteiger partial charge in [-0.15, -0.1) is 0 Å². The highest BCUT2D eigenvalue weighted by molar-refractivity contribution is 5.15. The standard InChI is InChI=1S/C19H30N2O/c1-16(13-19-15-22-12-9-20-19)21-10-7-18(8-11-21)14-17-5-3-2-4-6-17/h2-6,16,18-20H,7-15H2,1H3. The van der Waals surface area contributed by atoms with Crippen LogP contribution in [0.5, 0.6) is 0 Å². The third-order valence-corrected chi connectivity index (χ3v) is 5.26. The molecule has 0 radical (unpaired) electrons. The molecular formula is C19H30N2O. The Morgan fingerprint density at radius 2 is 2.00 bits per heavy atom. The average molecular weight is 302 g/mol. The second-order valence-electron chi connectivity index (χ2n) is 6.98. The lowest BCUT2D eigenvalue weighted by Gasteiger charge is -2.38. The molecule has 1 aromatic rings. The van der Waals surface area contributed by atoms with Crippen molar-refractivity contribution in [1.29, 1.82) is 0 Å². The van der Waals surface area contributed by atoms with Crippen LogP contribution in [-0.2, 0) is 11.2 Å². The van der Waals surface area contributed by atoms with Crippen molar-refractivity contribution in [3.05, 3.63) is 35.9 Å². The van der Waals surface area contributed by atoms with Crippen LogP contribution >= 0.6 is 0 Å². The van der Waals surface area contributed by atoms with Crippen LogP contribution in [0.3, 0.4) is 0 Å². The Bertz CT molecular complexity index is 422. The zero-order chi connectivity index (χ0) is 15.2. The molecule has 0 bridgehead atoms. The fraction of sp³-hybridized carbons (Fsp3) is 0.684. The van der Waals surface area contributed by atoms with Gasteiger partial charge in [0.05, 0.1) is 13.2 Å². The van der Waals surface area contributed by atoms with Crippen LogP contribution in [0.1, 0.15) is 31.7 Å². The van der Waals surface area contributed by atoms with Crippen LogP contribution < -0.4 is 5.32 Å². The number of hydrogen-bond acceptors (Lipinski definition) is 3. The van der Waals surface area contributed by atoms with E-state index in [0.29, 0.717) is 12.1 Å². The normalized spacial score (nSPS) is 26.0. The lowest BCUT2D eigenvalue weighted by molar-refractivity contribution is 0.0563. The summed E-state index contributed by atoms with van der Waals surface area (Å²) in [6.07, 6.45) is 5.14. The Morgan fingerprint density at radius 3 is 2.68 bits per heavy atom. The third-order valence-electron chi connectivity index (χ3n) is 5.26. The lowest BCUT2D eigenvalue weighted by Crippen LogP contribution is -2.47. The van der Waals surface area contributed by atoms with Gasteiger partial charge in [-0.2, -0.15) is 0 Å². The minimum Gasteiger partial charge on any atom is -0.379 e. The summed E-state index contributed by atoms with van der Waals surface area (Å²) in [6, 6.07) is 12.2. The molecule has 2 heterocycles. The maximum Gasteiger partial charge on any atom is 0.0620 e. The molecule has 2 atom stereocenters. The monoisotopic (exact) mass is 302 g/mol. The molecule has 2 saturated heterocycles. The first-order valence-electron chi connectivity index (χ1n) is 8.90. The van der Waals surface area contributed by atoms with Gasteiger partial charge in [0.15, 0.2) is 0 Å². The number of benzene rings is 1. The van der Waals surface area contributed by atoms with E-state index in [0.717, 1.165) is 25.7 Å². The average Bonchev–Trinajstić information content (AvgIpc) is 2.57. The highest BCUT2D eigenvalue weighted by atomic mass is 16.5. The van der Waals surface area contributed by atoms with Crippen molar-refractivity contribution in [3.8, 4) is 0 Å². The fourth-order valence-electron chi connectivity index (χ4n) is 3.88. The zero-order valence-electron chi connectivity index (χ0n) is 13.8. The predicted octanol–water partition coefficient (Wildman–Crippen LogP) is 2.71. The number of nitrogens with one attached hydrogen (secondary N) is 1. The van der Waals surface area contributed by atoms with Gasteiger partial charge >= 0.3 is 0 Å². The molecule has 2 fully saturated rings. The van der Waals surface area contributed by atoms with Crippen LogP contribution in [0, 0.1) is 5.92 Å². The van der Waals surface area contributed by atoms with E-state index in [9.17, 15) is 0 Å². The van der Waals surface area contributed by atoms with Crippen molar-refractivity contribution in [2.24, 2.45) is 5.92 Å². The second-order valence-corrected chi connectivity index (χ2v) is 6.98. The summed E-state index contributed by atoms with van der Waals surface area (Å²) in [6.45, 7) is 7.66. The van der Waals surface area contributed by atoms with Crippen molar-refractivity contribution in [2.45, 2.75) is 44.7 Å². The zero-order valence-corrected chi connectivity index (χ0v) is 13.8. The number of nitrogens with zero attached hydrogens (tertiary/aromatic N) is 1. The molecule has 2 aliphatic heterocycles. The molecule has 0 spiro atoms. The number of morpholine rings is 1. The van der Waals surface area contributed by atoms with E-state index in [4.69, 9.17) is 4.74 Å². The van der Waals surface area contributed by atoms with Gasteiger partial charge < -0.3 is 15.0 Å². The molecule has 2 aliphatic rings. The van der Waals surface area contributed by atoms with Crippen LogP contribution in [-0.4, -0.2) is 49.8 Å². The Hall–Kier alpha value is -0.900. The molecule has 3 nitrogen and oxygen atoms in total. The maximum atomic E-state index is 5.57. The fourth-order valence-corrected chi connectivity index (χ4v) is 3.88. The van der Waals surface area contributed by atoms with Crippen molar-refractivity contribution in [1.82, 2.24) is 10.2 Å². The summed E-state index contributed by atoms with van der Waals surface area (Å²) in [5.74, 6) is 0.863. The Kier molecular flexibility index (Phi) is 5.88. The quantitative estimate of drug-likeness (QED) is 0.905. The number of ether oxygens (including phenoxy) is 1. The van der Waals surface area contributed by atoms with Crippen molar-refractivity contribution >= 4 is 0 Å². The third kappa shape index (κ3) is 4.55. The lowest BCUT2D eigenvalue weighted by atomic mass is 9.89. The van der Waals surface area contributed by atoms with E-state index in [1.165, 1.54) is 44.3 Å². The largest absolute Gasteiger partial charge is 0.379 e. The number of rotatable bonds is 5. The molecule has 1 aromatic carbocycles. The van der Waals surface area contributed by atoms with E-state index in [-0.39, 0.29) is 0 Å². The van der Waals surface area contributed by atoms with Crippen LogP contribution in [0.2, 0.25) is 0 Å². The van der Waals surface area contributed by atoms with Gasteiger partial charge in [0.2, 0.25) is 0 Å². The van der Waals surface area contributed by atoms with Crippen LogP contribution in [0.4, 0.5) is 0 Å². The summed E-state index contributed by atoms with van der Waals surface area (Å²) < 4.78 is 5.57. The van der Waals surface area contributed by atoms with E-state index in [2.05, 4.69) is 47.5 Å². The maximum absolute atomic E-state index is 5.57. The molecule has 3 rings (SSSR count). The molecule has 0 saturated carbocycles. The van der Waals surface area contributed by atoms with Gasteiger partial charge in [0.1, 0.15) is 0 Å². The molecule has 122 valence electrons. The van der Waals surface area contributed by atoms with Crippen molar-refractivity contribution in [2.75, 3.05) is 32.8 Å². The summed E-state index contributed by atoms with van der Waals surface area (Å²) in [5.41, 5.74) is 1.50. The van der Waals surface area contributed by atoms with Gasteiger partial charge in [-0.25, -0.2) is 0 Å². The van der Waals surface area contributed by atoms with E-state index in [1.807, 2.05) is 0 Å². The van der Waals surface area contributed by atoms with Gasteiger partial charge in [-0.3, -0.25) is 0 Å². The van der Waals surface area contributed by atoms with Gasteiger partial charge in [0, 0.05) is 18.6 Å². The summed E-state index contributed by atoms with van der Waals surface area (Å²) in [5, 5.41) is 3.58. The molecule has 2 unspecified atom stereocenters. The van der Waals surface area contributed by atoms with Gasteiger partial charge in [-0.05, 0) is 57.2 Å². The predicted molar refractivity (Wildman–Crippen MR) is 91.1 cm³/mol. The Morgan fingerprint density at radius 1 is 1.23 bits per heavy atom. The van der Waals surface area contributed by atoms with Gasteiger partial charge in [0.25, 0.3) is 0 Å². The minimum atomic E-state index is 0.547. The Balaban J connectivity index is 1.41. The Labute approximate surface area is 135 Å². The first-order valence-corrected chi connectivity index (χ1v) is 8.90. The van der Waals surface area contributed by atoms with E-state index >= 15 is 0 Å². The van der Waals surface area contributed by atoms with Gasteiger partial charge in [-0.1, -0.05) is 30.3 Å². The highest BCUT2D eigenvalue weighted by Crippen LogP contribution is 2.24. The first kappa shape index (κ1) is 16.0. The number of likely N-dealkylation sites (tertiary alicyclic amines) is 1. The molecule has 1 N–H and O–H groups in total. The molecule has 0 amide bonds. The number of hydrogen-bond donors (Lipinski definition) is 1. The minimum absolute atomic E-state index is 0.547. The first-order chi connectivity index (χ1) is 10.8.